The Bertz CT molecular complexity index is 1060. The molecular formula is C19H21FN4O5S2. The summed E-state index contributed by atoms with van der Waals surface area (Å²) in [5.41, 5.74) is 0.508. The third-order valence-corrected chi connectivity index (χ3v) is 7.80. The number of carbonyl (C=O) groups is 1. The van der Waals surface area contributed by atoms with Crippen molar-refractivity contribution in [2.45, 2.75) is 16.6 Å². The van der Waals surface area contributed by atoms with Crippen LogP contribution in [-0.4, -0.2) is 74.8 Å². The molecule has 0 unspecified atom stereocenters. The number of halogens is 1. The van der Waals surface area contributed by atoms with E-state index in [2.05, 4.69) is 15.4 Å². The molecule has 4 rings (SSSR count). The highest BCUT2D eigenvalue weighted by atomic mass is 32.2. The Morgan fingerprint density at radius 2 is 1.94 bits per heavy atom. The Kier molecular flexibility index (Phi) is 6.60. The number of rotatable bonds is 6. The maximum absolute atomic E-state index is 13.2. The van der Waals surface area contributed by atoms with Crippen LogP contribution < -0.4 is 5.32 Å². The van der Waals surface area contributed by atoms with Gasteiger partial charge in [-0.2, -0.15) is 9.49 Å². The molecule has 12 heteroatoms. The average Bonchev–Trinajstić information content (AvgIpc) is 3.45. The first-order chi connectivity index (χ1) is 14.9. The fraction of sp³-hybridized carbons (Fsp3) is 0.421. The van der Waals surface area contributed by atoms with E-state index in [0.29, 0.717) is 56.2 Å². The first kappa shape index (κ1) is 21.8. The third kappa shape index (κ3) is 5.09. The van der Waals surface area contributed by atoms with Crippen molar-refractivity contribution in [3.63, 3.8) is 0 Å². The number of thiazole rings is 1. The molecule has 2 aliphatic heterocycles. The lowest BCUT2D eigenvalue weighted by Gasteiger charge is -2.25. The maximum atomic E-state index is 13.2. The van der Waals surface area contributed by atoms with Gasteiger partial charge < -0.3 is 9.47 Å². The molecule has 2 aromatic rings. The number of amides is 1. The van der Waals surface area contributed by atoms with Crippen LogP contribution in [0, 0.1) is 5.13 Å². The van der Waals surface area contributed by atoms with Gasteiger partial charge in [0.1, 0.15) is 0 Å². The number of morpholine rings is 1. The lowest BCUT2D eigenvalue weighted by atomic mass is 10.1. The minimum absolute atomic E-state index is 0.0747. The van der Waals surface area contributed by atoms with Crippen LogP contribution in [0.15, 0.2) is 40.5 Å². The summed E-state index contributed by atoms with van der Waals surface area (Å²) in [6.45, 7) is 2.59. The van der Waals surface area contributed by atoms with E-state index >= 15 is 0 Å². The topological polar surface area (TPSA) is 110 Å². The van der Waals surface area contributed by atoms with Crippen molar-refractivity contribution in [1.82, 2.24) is 9.99 Å². The highest BCUT2D eigenvalue weighted by Crippen LogP contribution is 2.23. The zero-order valence-electron chi connectivity index (χ0n) is 16.5. The summed E-state index contributed by atoms with van der Waals surface area (Å²) in [6, 6.07) is 6.02. The van der Waals surface area contributed by atoms with Crippen LogP contribution in [0.2, 0.25) is 0 Å². The highest BCUT2D eigenvalue weighted by Gasteiger charge is 2.31. The van der Waals surface area contributed by atoms with Gasteiger partial charge in [0.25, 0.3) is 5.91 Å². The smallest absolute Gasteiger partial charge is 0.278 e. The standard InChI is InChI=1S/C19H21FN4O5S2/c20-16-11-21-19(30-16)22-18(25)17(23-24-6-9-28-10-7-24)13-1-3-14(4-2-13)31(26,27)15-5-8-29-12-15/h1-4,11,15H,5-10,12H2,(H,21,22,25)/t15-/m0/s1. The van der Waals surface area contributed by atoms with Crippen molar-refractivity contribution < 1.29 is 27.1 Å². The van der Waals surface area contributed by atoms with E-state index in [4.69, 9.17) is 9.47 Å². The van der Waals surface area contributed by atoms with Gasteiger partial charge in [0.15, 0.2) is 25.8 Å². The number of benzene rings is 1. The fourth-order valence-corrected chi connectivity index (χ4v) is 5.37. The number of hydrogen-bond acceptors (Lipinski definition) is 9. The zero-order valence-corrected chi connectivity index (χ0v) is 18.1. The third-order valence-electron chi connectivity index (χ3n) is 4.92. The summed E-state index contributed by atoms with van der Waals surface area (Å²) in [5, 5.41) is 7.73. The van der Waals surface area contributed by atoms with Crippen molar-refractivity contribution in [2.75, 3.05) is 44.8 Å². The highest BCUT2D eigenvalue weighted by molar-refractivity contribution is 7.92. The summed E-state index contributed by atoms with van der Waals surface area (Å²) in [7, 11) is -3.52. The Morgan fingerprint density at radius 3 is 2.55 bits per heavy atom. The van der Waals surface area contributed by atoms with E-state index in [1.54, 1.807) is 17.1 Å². The molecule has 0 bridgehead atoms. The molecule has 0 radical (unpaired) electrons. The van der Waals surface area contributed by atoms with E-state index in [9.17, 15) is 17.6 Å². The largest absolute Gasteiger partial charge is 0.380 e. The van der Waals surface area contributed by atoms with Crippen LogP contribution in [0.25, 0.3) is 0 Å². The van der Waals surface area contributed by atoms with E-state index in [1.165, 1.54) is 12.1 Å². The molecule has 1 N–H and O–H groups in total. The molecule has 0 spiro atoms. The quantitative estimate of drug-likeness (QED) is 0.640. The van der Waals surface area contributed by atoms with Gasteiger partial charge in [-0.1, -0.05) is 23.5 Å². The van der Waals surface area contributed by atoms with Crippen molar-refractivity contribution in [2.24, 2.45) is 5.10 Å². The Labute approximate surface area is 182 Å². The SMILES string of the molecule is O=C(Nc1ncc(F)s1)C(=NN1CCOCC1)c1ccc(S(=O)(=O)[C@H]2CCOC2)cc1. The van der Waals surface area contributed by atoms with Gasteiger partial charge in [-0.3, -0.25) is 15.1 Å². The number of ether oxygens (including phenoxy) is 2. The fourth-order valence-electron chi connectivity index (χ4n) is 3.25. The Morgan fingerprint density at radius 1 is 1.19 bits per heavy atom. The lowest BCUT2D eigenvalue weighted by molar-refractivity contribution is -0.110. The van der Waals surface area contributed by atoms with Gasteiger partial charge in [0.2, 0.25) is 0 Å². The van der Waals surface area contributed by atoms with Gasteiger partial charge in [-0.05, 0) is 18.6 Å². The maximum Gasteiger partial charge on any atom is 0.278 e. The molecule has 1 aromatic heterocycles. The number of hydrazone groups is 1. The number of nitrogens with zero attached hydrogens (tertiary/aromatic N) is 3. The average molecular weight is 469 g/mol. The number of carbonyl (C=O) groups excluding carboxylic acids is 1. The molecule has 1 aromatic carbocycles. The number of nitrogens with one attached hydrogen (secondary N) is 1. The second kappa shape index (κ2) is 9.39. The molecule has 2 saturated heterocycles. The molecule has 0 saturated carbocycles. The lowest BCUT2D eigenvalue weighted by Crippen LogP contribution is -2.35. The number of anilines is 1. The molecule has 3 heterocycles. The van der Waals surface area contributed by atoms with Crippen LogP contribution in [0.4, 0.5) is 9.52 Å². The molecular weight excluding hydrogens is 447 g/mol. The normalized spacial score (nSPS) is 20.1. The zero-order chi connectivity index (χ0) is 21.8. The molecule has 9 nitrogen and oxygen atoms in total. The first-order valence-corrected chi connectivity index (χ1v) is 12.1. The molecule has 1 atom stereocenters. The van der Waals surface area contributed by atoms with Crippen LogP contribution in [-0.2, 0) is 24.1 Å². The van der Waals surface area contributed by atoms with Gasteiger partial charge in [-0.25, -0.2) is 13.4 Å². The minimum Gasteiger partial charge on any atom is -0.380 e. The van der Waals surface area contributed by atoms with Gasteiger partial charge in [0.05, 0.1) is 49.3 Å². The summed E-state index contributed by atoms with van der Waals surface area (Å²) < 4.78 is 49.3. The summed E-state index contributed by atoms with van der Waals surface area (Å²) >= 11 is 0.705. The van der Waals surface area contributed by atoms with E-state index in [1.807, 2.05) is 0 Å². The summed E-state index contributed by atoms with van der Waals surface area (Å²) in [4.78, 5) is 16.9. The predicted molar refractivity (Wildman–Crippen MR) is 112 cm³/mol. The number of sulfone groups is 1. The molecule has 1 amide bonds. The second-order valence-corrected chi connectivity index (χ2v) is 10.2. The van der Waals surface area contributed by atoms with E-state index < -0.39 is 26.1 Å². The Balaban J connectivity index is 1.61. The van der Waals surface area contributed by atoms with Crippen LogP contribution in [0.1, 0.15) is 12.0 Å². The van der Waals surface area contributed by atoms with Crippen LogP contribution in [0.3, 0.4) is 0 Å². The van der Waals surface area contributed by atoms with Crippen molar-refractivity contribution >= 4 is 37.9 Å². The minimum atomic E-state index is -3.52. The van der Waals surface area contributed by atoms with Crippen LogP contribution >= 0.6 is 11.3 Å². The second-order valence-electron chi connectivity index (χ2n) is 6.99. The van der Waals surface area contributed by atoms with E-state index in [-0.39, 0.29) is 22.3 Å². The molecule has 2 fully saturated rings. The molecule has 2 aliphatic rings. The van der Waals surface area contributed by atoms with Crippen molar-refractivity contribution in [3.05, 3.63) is 41.2 Å². The number of aromatic nitrogens is 1. The summed E-state index contributed by atoms with van der Waals surface area (Å²) in [6.07, 6.45) is 1.48. The van der Waals surface area contributed by atoms with Gasteiger partial charge >= 0.3 is 0 Å². The van der Waals surface area contributed by atoms with Crippen LogP contribution in [0.5, 0.6) is 0 Å². The van der Waals surface area contributed by atoms with E-state index in [0.717, 1.165) is 6.20 Å². The first-order valence-electron chi connectivity index (χ1n) is 9.69. The monoisotopic (exact) mass is 468 g/mol. The van der Waals surface area contributed by atoms with Crippen molar-refractivity contribution in [3.8, 4) is 0 Å². The molecule has 166 valence electrons. The predicted octanol–water partition coefficient (Wildman–Crippen LogP) is 1.52. The van der Waals surface area contributed by atoms with Crippen molar-refractivity contribution in [1.29, 1.82) is 0 Å². The van der Waals surface area contributed by atoms with Gasteiger partial charge in [0, 0.05) is 12.2 Å². The number of hydrogen-bond donors (Lipinski definition) is 1. The Hall–Kier alpha value is -2.41. The summed E-state index contributed by atoms with van der Waals surface area (Å²) in [5.74, 6) is -0.569. The van der Waals surface area contributed by atoms with Gasteiger partial charge in [-0.15, -0.1) is 0 Å². The molecule has 0 aliphatic carbocycles. The molecule has 31 heavy (non-hydrogen) atoms.